The summed E-state index contributed by atoms with van der Waals surface area (Å²) in [6.07, 6.45) is 3.69. The minimum Gasteiger partial charge on any atom is -0.457 e. The van der Waals surface area contributed by atoms with E-state index in [-0.39, 0.29) is 0 Å². The van der Waals surface area contributed by atoms with Crippen molar-refractivity contribution in [1.82, 2.24) is 0 Å². The van der Waals surface area contributed by atoms with Crippen LogP contribution in [0.1, 0.15) is 66.8 Å². The number of aryl methyl sites for hydroxylation is 2. The van der Waals surface area contributed by atoms with Gasteiger partial charge in [-0.05, 0) is 224 Å². The summed E-state index contributed by atoms with van der Waals surface area (Å²) < 4.78 is 12.9. The summed E-state index contributed by atoms with van der Waals surface area (Å²) in [5, 5.41) is 0. The van der Waals surface area contributed by atoms with E-state index in [1.807, 2.05) is 60.7 Å². The molecule has 4 heteroatoms. The Kier molecular flexibility index (Phi) is 15.1. The van der Waals surface area contributed by atoms with Crippen molar-refractivity contribution in [3.63, 3.8) is 0 Å². The van der Waals surface area contributed by atoms with Crippen LogP contribution in [0.3, 0.4) is 0 Å². The van der Waals surface area contributed by atoms with Crippen LogP contribution in [0.25, 0.3) is 45.5 Å². The van der Waals surface area contributed by atoms with Crippen molar-refractivity contribution in [2.75, 3.05) is 9.80 Å². The molecule has 96 heavy (non-hydrogen) atoms. The van der Waals surface area contributed by atoms with Crippen LogP contribution in [0.4, 0.5) is 34.1 Å². The summed E-state index contributed by atoms with van der Waals surface area (Å²) in [6.45, 7) is 12.2. The van der Waals surface area contributed by atoms with Gasteiger partial charge in [0.2, 0.25) is 0 Å². The second kappa shape index (κ2) is 24.7. The van der Waals surface area contributed by atoms with E-state index in [0.29, 0.717) is 0 Å². The molecular formula is C92H68N2O2. The topological polar surface area (TPSA) is 24.9 Å². The molecule has 458 valence electrons. The molecule has 0 saturated carbocycles. The fraction of sp³-hybridized carbons (Fsp3) is 0.0435. The summed E-state index contributed by atoms with van der Waals surface area (Å²) >= 11 is 0. The van der Waals surface area contributed by atoms with E-state index >= 15 is 0 Å². The van der Waals surface area contributed by atoms with E-state index in [4.69, 9.17) is 9.47 Å². The molecule has 0 N–H and O–H groups in total. The Hall–Kier alpha value is -12.2. The summed E-state index contributed by atoms with van der Waals surface area (Å²) in [5.41, 5.74) is 26.4. The van der Waals surface area contributed by atoms with Gasteiger partial charge in [0.25, 0.3) is 0 Å². The van der Waals surface area contributed by atoms with Gasteiger partial charge >= 0.3 is 0 Å². The number of ether oxygens (including phenoxy) is 2. The zero-order chi connectivity index (χ0) is 64.7. The number of para-hydroxylation sites is 2. The van der Waals surface area contributed by atoms with E-state index in [1.54, 1.807) is 0 Å². The van der Waals surface area contributed by atoms with Gasteiger partial charge in [0.1, 0.15) is 23.0 Å². The van der Waals surface area contributed by atoms with Crippen LogP contribution < -0.4 is 19.3 Å². The summed E-state index contributed by atoms with van der Waals surface area (Å²) in [5.74, 6) is 3.10. The quantitative estimate of drug-likeness (QED) is 0.0907. The average Bonchev–Trinajstić information content (AvgIpc) is 1.53. The highest BCUT2D eigenvalue weighted by molar-refractivity contribution is 5.92. The monoisotopic (exact) mass is 1230 g/mol. The molecule has 2 unspecified atom stereocenters. The molecule has 0 saturated heterocycles. The second-order valence-corrected chi connectivity index (χ2v) is 25.0. The molecule has 0 aromatic heterocycles. The predicted molar refractivity (Wildman–Crippen MR) is 399 cm³/mol. The van der Waals surface area contributed by atoms with E-state index in [9.17, 15) is 0 Å². The van der Waals surface area contributed by atoms with Crippen molar-refractivity contribution in [1.29, 1.82) is 0 Å². The maximum Gasteiger partial charge on any atom is 0.127 e. The van der Waals surface area contributed by atoms with Crippen LogP contribution in [-0.2, 0) is 10.8 Å². The van der Waals surface area contributed by atoms with Gasteiger partial charge < -0.3 is 19.3 Å². The molecule has 0 amide bonds. The second-order valence-electron chi connectivity index (χ2n) is 25.0. The molecule has 2 atom stereocenters. The highest BCUT2D eigenvalue weighted by atomic mass is 16.5. The Morgan fingerprint density at radius 3 is 0.885 bits per heavy atom. The molecule has 14 aromatic carbocycles. The first-order valence-corrected chi connectivity index (χ1v) is 32.8. The standard InChI is InChI=1S/C92H68N2O2/c1-5-65-29-51-79(52-30-65)95-81-55-41-71(42-56-81)91(69-37-25-63(3)26-38-69)87-23-15-13-21-83(87)85-59-49-77(61-89(85)91)93(73-17-9-7-10-18-73)75-45-33-67(34-46-75)68-35-47-76(48-36-68)94(74-19-11-8-12-20-74)78-50-60-86-84-22-14-16-24-88(84)92(90(86)62-78,70-39-27-64(4)28-40-70)72-43-57-82(58-44-72)96-80-53-31-66(6-2)32-54-80/h5-62H,1-2H2,3-4H3. The minimum atomic E-state index is -0.643. The molecule has 14 aromatic rings. The van der Waals surface area contributed by atoms with Gasteiger partial charge in [0.05, 0.1) is 10.8 Å². The third-order valence-electron chi connectivity index (χ3n) is 19.4. The van der Waals surface area contributed by atoms with E-state index in [1.165, 1.54) is 66.8 Å². The molecule has 16 rings (SSSR count). The normalized spacial score (nSPS) is 14.7. The third-order valence-corrected chi connectivity index (χ3v) is 19.4. The zero-order valence-corrected chi connectivity index (χ0v) is 53.6. The molecule has 4 nitrogen and oxygen atoms in total. The number of fused-ring (bicyclic) bond motifs is 6. The lowest BCUT2D eigenvalue weighted by Gasteiger charge is -2.35. The van der Waals surface area contributed by atoms with E-state index in [2.05, 4.69) is 328 Å². The Balaban J connectivity index is 0.755. The SMILES string of the molecule is C=Cc1ccc(Oc2ccc(C3(c4ccc(C)cc4)c4ccccc4-c4ccc(N(c5ccccc5)c5ccc(-c6ccc(N(c7ccccc7)c7ccc8c(c7)C(c7ccc(C)cc7)(c7ccc(Oc9ccc(C=C)cc9)cc7)c7ccccc7-8)cc6)cc5)cc43)cc2)cc1. The molecule has 2 aliphatic carbocycles. The van der Waals surface area contributed by atoms with Crippen molar-refractivity contribution in [2.24, 2.45) is 0 Å². The number of hydrogen-bond acceptors (Lipinski definition) is 4. The van der Waals surface area contributed by atoms with Crippen LogP contribution in [0.5, 0.6) is 23.0 Å². The predicted octanol–water partition coefficient (Wildman–Crippen LogP) is 24.5. The first kappa shape index (κ1) is 58.8. The lowest BCUT2D eigenvalue weighted by molar-refractivity contribution is 0.482. The van der Waals surface area contributed by atoms with Crippen LogP contribution in [0.15, 0.2) is 353 Å². The summed E-state index contributed by atoms with van der Waals surface area (Å²) in [6, 6.07) is 123. The molecule has 0 fully saturated rings. The van der Waals surface area contributed by atoms with Crippen molar-refractivity contribution in [2.45, 2.75) is 24.7 Å². The van der Waals surface area contributed by atoms with Crippen molar-refractivity contribution in [3.8, 4) is 56.4 Å². The maximum atomic E-state index is 6.44. The Labute approximate surface area is 562 Å². The maximum absolute atomic E-state index is 6.44. The Morgan fingerprint density at radius 1 is 0.260 bits per heavy atom. The van der Waals surface area contributed by atoms with Gasteiger partial charge in [-0.15, -0.1) is 0 Å². The Bertz CT molecular complexity index is 4830. The Morgan fingerprint density at radius 2 is 0.542 bits per heavy atom. The van der Waals surface area contributed by atoms with Gasteiger partial charge in [-0.25, -0.2) is 0 Å². The fourth-order valence-electron chi connectivity index (χ4n) is 14.8. The first-order chi connectivity index (χ1) is 47.3. The number of benzene rings is 14. The lowest BCUT2D eigenvalue weighted by atomic mass is 9.67. The molecular weight excluding hydrogens is 1170 g/mol. The van der Waals surface area contributed by atoms with Crippen LogP contribution >= 0.6 is 0 Å². The molecule has 0 bridgehead atoms. The van der Waals surface area contributed by atoms with Gasteiger partial charge in [0, 0.05) is 34.1 Å². The molecule has 0 radical (unpaired) electrons. The zero-order valence-electron chi connectivity index (χ0n) is 53.6. The average molecular weight is 1230 g/mol. The van der Waals surface area contributed by atoms with Crippen LogP contribution in [0.2, 0.25) is 0 Å². The lowest BCUT2D eigenvalue weighted by Crippen LogP contribution is -2.28. The third kappa shape index (κ3) is 10.3. The molecule has 2 aliphatic rings. The number of anilines is 6. The number of nitrogens with zero attached hydrogens (tertiary/aromatic N) is 2. The highest BCUT2D eigenvalue weighted by Crippen LogP contribution is 2.60. The highest BCUT2D eigenvalue weighted by Gasteiger charge is 2.48. The number of hydrogen-bond donors (Lipinski definition) is 0. The van der Waals surface area contributed by atoms with E-state index in [0.717, 1.165) is 90.5 Å². The summed E-state index contributed by atoms with van der Waals surface area (Å²) in [4.78, 5) is 4.78. The van der Waals surface area contributed by atoms with Crippen molar-refractivity contribution in [3.05, 3.63) is 420 Å². The smallest absolute Gasteiger partial charge is 0.127 e. The molecule has 0 spiro atoms. The van der Waals surface area contributed by atoms with E-state index < -0.39 is 10.8 Å². The van der Waals surface area contributed by atoms with Crippen molar-refractivity contribution >= 4 is 46.3 Å². The first-order valence-electron chi connectivity index (χ1n) is 32.8. The number of rotatable bonds is 17. The van der Waals surface area contributed by atoms with Crippen LogP contribution in [-0.4, -0.2) is 0 Å². The molecule has 0 aliphatic heterocycles. The van der Waals surface area contributed by atoms with Crippen molar-refractivity contribution < 1.29 is 9.47 Å². The van der Waals surface area contributed by atoms with Gasteiger partial charge in [0.15, 0.2) is 0 Å². The van der Waals surface area contributed by atoms with Gasteiger partial charge in [-0.2, -0.15) is 0 Å². The summed E-state index contributed by atoms with van der Waals surface area (Å²) in [7, 11) is 0. The van der Waals surface area contributed by atoms with Gasteiger partial charge in [-0.3, -0.25) is 0 Å². The van der Waals surface area contributed by atoms with Gasteiger partial charge in [-0.1, -0.05) is 255 Å². The van der Waals surface area contributed by atoms with Crippen LogP contribution in [0, 0.1) is 13.8 Å². The largest absolute Gasteiger partial charge is 0.457 e. The molecule has 0 heterocycles. The minimum absolute atomic E-state index is 0.643. The fourth-order valence-corrected chi connectivity index (χ4v) is 14.8.